The summed E-state index contributed by atoms with van der Waals surface area (Å²) in [7, 11) is -0.785. The first-order chi connectivity index (χ1) is 9.47. The maximum absolute atomic E-state index is 12.4. The number of sulfonamides is 1. The number of hydrogen-bond acceptors (Lipinski definition) is 5. The summed E-state index contributed by atoms with van der Waals surface area (Å²) < 4.78 is 37.5. The van der Waals surface area contributed by atoms with Crippen molar-refractivity contribution in [2.75, 3.05) is 27.3 Å². The smallest absolute Gasteiger partial charge is 0.242 e. The number of ether oxygens (including phenoxy) is 2. The van der Waals surface area contributed by atoms with E-state index in [1.165, 1.54) is 26.4 Å². The van der Waals surface area contributed by atoms with Gasteiger partial charge in [-0.15, -0.1) is 12.4 Å². The van der Waals surface area contributed by atoms with Gasteiger partial charge in [-0.25, -0.2) is 13.1 Å². The van der Waals surface area contributed by atoms with Crippen LogP contribution in [-0.2, 0) is 10.0 Å². The van der Waals surface area contributed by atoms with Crippen LogP contribution in [0, 0.1) is 0 Å². The minimum atomic E-state index is -3.69. The zero-order valence-corrected chi connectivity index (χ0v) is 14.1. The molecule has 1 unspecified atom stereocenters. The fourth-order valence-corrected chi connectivity index (χ4v) is 3.88. The minimum absolute atomic E-state index is 0. The van der Waals surface area contributed by atoms with Gasteiger partial charge in [-0.3, -0.25) is 0 Å². The summed E-state index contributed by atoms with van der Waals surface area (Å²) in [6, 6.07) is 2.68. The second-order valence-corrected chi connectivity index (χ2v) is 6.54. The highest BCUT2D eigenvalue weighted by Gasteiger charge is 2.26. The van der Waals surface area contributed by atoms with E-state index in [4.69, 9.17) is 21.1 Å². The Labute approximate surface area is 135 Å². The quantitative estimate of drug-likeness (QED) is 0.834. The normalized spacial score (nSPS) is 18.1. The maximum atomic E-state index is 12.4. The van der Waals surface area contributed by atoms with Crippen LogP contribution >= 0.6 is 24.0 Å². The fourth-order valence-electron chi connectivity index (χ4n) is 2.08. The van der Waals surface area contributed by atoms with Crippen LogP contribution in [0.1, 0.15) is 6.42 Å². The monoisotopic (exact) mass is 356 g/mol. The molecule has 0 saturated carbocycles. The highest BCUT2D eigenvalue weighted by Crippen LogP contribution is 2.35. The van der Waals surface area contributed by atoms with Crippen molar-refractivity contribution in [1.29, 1.82) is 0 Å². The summed E-state index contributed by atoms with van der Waals surface area (Å²) in [4.78, 5) is -0.0104. The van der Waals surface area contributed by atoms with Gasteiger partial charge in [0.15, 0.2) is 11.5 Å². The van der Waals surface area contributed by atoms with Crippen LogP contribution < -0.4 is 19.5 Å². The number of halogens is 2. The van der Waals surface area contributed by atoms with Crippen LogP contribution in [0.5, 0.6) is 11.5 Å². The summed E-state index contributed by atoms with van der Waals surface area (Å²) in [5.74, 6) is 0.709. The molecule has 120 valence electrons. The van der Waals surface area contributed by atoms with Gasteiger partial charge >= 0.3 is 0 Å². The fraction of sp³-hybridized carbons (Fsp3) is 0.500. The lowest BCUT2D eigenvalue weighted by Gasteiger charge is -2.15. The Hall–Kier alpha value is -0.730. The topological polar surface area (TPSA) is 76.7 Å². The molecule has 9 heteroatoms. The van der Waals surface area contributed by atoms with E-state index in [1.54, 1.807) is 0 Å². The Morgan fingerprint density at radius 3 is 2.43 bits per heavy atom. The molecule has 1 aromatic rings. The average Bonchev–Trinajstić information content (AvgIpc) is 2.90. The van der Waals surface area contributed by atoms with Gasteiger partial charge in [-0.2, -0.15) is 0 Å². The third-order valence-electron chi connectivity index (χ3n) is 3.11. The average molecular weight is 357 g/mol. The van der Waals surface area contributed by atoms with E-state index in [0.29, 0.717) is 18.0 Å². The summed E-state index contributed by atoms with van der Waals surface area (Å²) in [5.41, 5.74) is 0. The molecule has 0 aliphatic carbocycles. The Balaban J connectivity index is 0.00000220. The molecule has 2 rings (SSSR count). The molecule has 1 aliphatic rings. The molecule has 0 bridgehead atoms. The van der Waals surface area contributed by atoms with Crippen molar-refractivity contribution in [3.63, 3.8) is 0 Å². The predicted octanol–water partition coefficient (Wildman–Crippen LogP) is 1.42. The number of benzene rings is 1. The molecule has 2 N–H and O–H groups in total. The Morgan fingerprint density at radius 2 is 1.90 bits per heavy atom. The van der Waals surface area contributed by atoms with Crippen LogP contribution in [-0.4, -0.2) is 41.8 Å². The van der Waals surface area contributed by atoms with Crippen molar-refractivity contribution in [3.05, 3.63) is 17.2 Å². The van der Waals surface area contributed by atoms with Crippen LogP contribution in [0.2, 0.25) is 5.02 Å². The first-order valence-corrected chi connectivity index (χ1v) is 7.98. The van der Waals surface area contributed by atoms with Crippen LogP contribution in [0.25, 0.3) is 0 Å². The van der Waals surface area contributed by atoms with Gasteiger partial charge in [0.1, 0.15) is 4.90 Å². The molecule has 21 heavy (non-hydrogen) atoms. The molecule has 0 radical (unpaired) electrons. The molecule has 1 fully saturated rings. The van der Waals surface area contributed by atoms with E-state index in [2.05, 4.69) is 10.0 Å². The van der Waals surface area contributed by atoms with Crippen LogP contribution in [0.15, 0.2) is 17.0 Å². The van der Waals surface area contributed by atoms with E-state index >= 15 is 0 Å². The molecule has 0 spiro atoms. The van der Waals surface area contributed by atoms with E-state index < -0.39 is 10.0 Å². The van der Waals surface area contributed by atoms with E-state index in [1.807, 2.05) is 0 Å². The lowest BCUT2D eigenvalue weighted by molar-refractivity contribution is 0.354. The summed E-state index contributed by atoms with van der Waals surface area (Å²) in [5, 5.41) is 3.20. The Bertz CT molecular complexity index is 589. The molecular formula is C12H18Cl2N2O4S. The Morgan fingerprint density at radius 1 is 1.29 bits per heavy atom. The zero-order chi connectivity index (χ0) is 14.8. The van der Waals surface area contributed by atoms with E-state index in [0.717, 1.165) is 13.0 Å². The molecule has 0 aromatic heterocycles. The molecular weight excluding hydrogens is 339 g/mol. The van der Waals surface area contributed by atoms with Crippen molar-refractivity contribution in [1.82, 2.24) is 10.0 Å². The molecule has 1 saturated heterocycles. The molecule has 1 atom stereocenters. The predicted molar refractivity (Wildman–Crippen MR) is 83.4 cm³/mol. The van der Waals surface area contributed by atoms with Gasteiger partial charge in [0.05, 0.1) is 19.2 Å². The second-order valence-electron chi connectivity index (χ2n) is 4.45. The first-order valence-electron chi connectivity index (χ1n) is 6.12. The van der Waals surface area contributed by atoms with Crippen molar-refractivity contribution < 1.29 is 17.9 Å². The highest BCUT2D eigenvalue weighted by atomic mass is 35.5. The van der Waals surface area contributed by atoms with Crippen molar-refractivity contribution in [3.8, 4) is 11.5 Å². The van der Waals surface area contributed by atoms with E-state index in [9.17, 15) is 8.42 Å². The molecule has 6 nitrogen and oxygen atoms in total. The van der Waals surface area contributed by atoms with Gasteiger partial charge in [0.2, 0.25) is 10.0 Å². The van der Waals surface area contributed by atoms with Gasteiger partial charge in [0.25, 0.3) is 0 Å². The Kier molecular flexibility index (Phi) is 6.55. The second kappa shape index (κ2) is 7.51. The number of rotatable bonds is 5. The summed E-state index contributed by atoms with van der Waals surface area (Å²) in [6.45, 7) is 1.41. The van der Waals surface area contributed by atoms with Gasteiger partial charge < -0.3 is 14.8 Å². The molecule has 0 amide bonds. The molecule has 1 aliphatic heterocycles. The van der Waals surface area contributed by atoms with E-state index in [-0.39, 0.29) is 28.4 Å². The van der Waals surface area contributed by atoms with Crippen LogP contribution in [0.4, 0.5) is 0 Å². The summed E-state index contributed by atoms with van der Waals surface area (Å²) >= 11 is 6.04. The van der Waals surface area contributed by atoms with Gasteiger partial charge in [-0.1, -0.05) is 11.6 Å². The maximum Gasteiger partial charge on any atom is 0.242 e. The third kappa shape index (κ3) is 4.14. The minimum Gasteiger partial charge on any atom is -0.493 e. The molecule has 1 heterocycles. The SMILES string of the molecule is COc1cc(Cl)c(S(=O)(=O)NC2CCNC2)cc1OC.Cl. The van der Waals surface area contributed by atoms with Gasteiger partial charge in [-0.05, 0) is 13.0 Å². The third-order valence-corrected chi connectivity index (χ3v) is 5.09. The standard InChI is InChI=1S/C12H17ClN2O4S.ClH/c1-18-10-5-9(13)12(6-11(10)19-2)20(16,17)15-8-3-4-14-7-8;/h5-6,8,14-15H,3-4,7H2,1-2H3;1H. The lowest BCUT2D eigenvalue weighted by atomic mass is 10.3. The summed E-state index contributed by atoms with van der Waals surface area (Å²) in [6.07, 6.45) is 0.754. The first kappa shape index (κ1) is 18.3. The van der Waals surface area contributed by atoms with Crippen molar-refractivity contribution >= 4 is 34.0 Å². The highest BCUT2D eigenvalue weighted by molar-refractivity contribution is 7.89. The van der Waals surface area contributed by atoms with Crippen molar-refractivity contribution in [2.45, 2.75) is 17.4 Å². The zero-order valence-electron chi connectivity index (χ0n) is 11.7. The van der Waals surface area contributed by atoms with Crippen molar-refractivity contribution in [2.24, 2.45) is 0 Å². The van der Waals surface area contributed by atoms with Crippen LogP contribution in [0.3, 0.4) is 0 Å². The largest absolute Gasteiger partial charge is 0.493 e. The lowest BCUT2D eigenvalue weighted by Crippen LogP contribution is -2.36. The number of hydrogen-bond donors (Lipinski definition) is 2. The van der Waals surface area contributed by atoms with Gasteiger partial charge in [0, 0.05) is 24.7 Å². The number of nitrogens with one attached hydrogen (secondary N) is 2. The molecule has 1 aromatic carbocycles. The number of methoxy groups -OCH3 is 2.